The Kier molecular flexibility index (Phi) is 4.60. The first kappa shape index (κ1) is 15.3. The van der Waals surface area contributed by atoms with Crippen LogP contribution in [0.5, 0.6) is 0 Å². The summed E-state index contributed by atoms with van der Waals surface area (Å²) >= 11 is 0. The summed E-state index contributed by atoms with van der Waals surface area (Å²) in [6, 6.07) is 16.6. The highest BCUT2D eigenvalue weighted by Gasteiger charge is 2.26. The van der Waals surface area contributed by atoms with Crippen molar-refractivity contribution in [2.45, 2.75) is 44.2 Å². The summed E-state index contributed by atoms with van der Waals surface area (Å²) in [5.41, 5.74) is 4.58. The number of nitrogens with one attached hydrogen (secondary N) is 1. The minimum Gasteiger partial charge on any atom is -0.372 e. The van der Waals surface area contributed by atoms with Gasteiger partial charge in [0.05, 0.1) is 0 Å². The number of fused-ring (bicyclic) bond motifs is 1. The molecule has 0 spiro atoms. The van der Waals surface area contributed by atoms with E-state index >= 15 is 0 Å². The topological polar surface area (TPSA) is 32.3 Å². The molecule has 2 nitrogen and oxygen atoms in total. The van der Waals surface area contributed by atoms with Gasteiger partial charge in [-0.25, -0.2) is 0 Å². The molecule has 2 N–H and O–H groups in total. The average Bonchev–Trinajstić information content (AvgIpc) is 3.05. The second-order valence-corrected chi connectivity index (χ2v) is 6.24. The van der Waals surface area contributed by atoms with Crippen LogP contribution in [0.25, 0.3) is 0 Å². The van der Waals surface area contributed by atoms with Crippen molar-refractivity contribution in [3.05, 3.63) is 70.8 Å². The summed E-state index contributed by atoms with van der Waals surface area (Å²) in [6.07, 6.45) is 6.48. The molecule has 0 aromatic heterocycles. The third-order valence-electron chi connectivity index (χ3n) is 4.89. The Morgan fingerprint density at radius 3 is 2.64 bits per heavy atom. The molecule has 0 saturated carbocycles. The van der Waals surface area contributed by atoms with Crippen LogP contribution in [-0.4, -0.2) is 12.2 Å². The monoisotopic (exact) mass is 295 g/mol. The first-order chi connectivity index (χ1) is 10.7. The molecule has 2 aromatic carbocycles. The highest BCUT2D eigenvalue weighted by atomic mass is 16.3. The lowest BCUT2D eigenvalue weighted by molar-refractivity contribution is -0.00244. The lowest BCUT2D eigenvalue weighted by Gasteiger charge is -2.28. The van der Waals surface area contributed by atoms with Crippen LogP contribution in [-0.2, 0) is 25.0 Å². The molecule has 1 unspecified atom stereocenters. The van der Waals surface area contributed by atoms with Crippen LogP contribution in [0.4, 0.5) is 0 Å². The predicted octanol–water partition coefficient (Wildman–Crippen LogP) is 3.56. The normalized spacial score (nSPS) is 16.3. The molecule has 0 saturated heterocycles. The van der Waals surface area contributed by atoms with Gasteiger partial charge in [0.1, 0.15) is 5.72 Å². The number of hydrogen-bond acceptors (Lipinski definition) is 2. The summed E-state index contributed by atoms with van der Waals surface area (Å²) in [4.78, 5) is 0. The van der Waals surface area contributed by atoms with Crippen molar-refractivity contribution in [3.63, 3.8) is 0 Å². The van der Waals surface area contributed by atoms with Crippen molar-refractivity contribution in [2.24, 2.45) is 0 Å². The Hall–Kier alpha value is -1.64. The number of aliphatic hydroxyl groups is 1. The van der Waals surface area contributed by atoms with Crippen LogP contribution >= 0.6 is 0 Å². The van der Waals surface area contributed by atoms with Crippen LogP contribution in [0.15, 0.2) is 48.5 Å². The van der Waals surface area contributed by atoms with Crippen molar-refractivity contribution in [3.8, 4) is 0 Å². The fourth-order valence-corrected chi connectivity index (χ4v) is 3.60. The molecule has 1 aliphatic rings. The molecule has 1 aliphatic carbocycles. The molecule has 0 bridgehead atoms. The predicted molar refractivity (Wildman–Crippen MR) is 90.8 cm³/mol. The first-order valence-electron chi connectivity index (χ1n) is 8.29. The van der Waals surface area contributed by atoms with Crippen LogP contribution in [0, 0.1) is 0 Å². The Morgan fingerprint density at radius 1 is 1.05 bits per heavy atom. The van der Waals surface area contributed by atoms with Gasteiger partial charge < -0.3 is 5.11 Å². The maximum Gasteiger partial charge on any atom is 0.141 e. The van der Waals surface area contributed by atoms with Gasteiger partial charge in [-0.3, -0.25) is 5.32 Å². The number of hydrogen-bond donors (Lipinski definition) is 2. The maximum absolute atomic E-state index is 10.9. The molecule has 2 aromatic rings. The number of rotatable bonds is 6. The SMILES string of the molecule is CNC(O)(CCCc1cccc2c1CCC2)c1ccccc1. The Morgan fingerprint density at radius 2 is 1.86 bits per heavy atom. The van der Waals surface area contributed by atoms with Crippen molar-refractivity contribution in [1.29, 1.82) is 0 Å². The molecule has 0 aliphatic heterocycles. The zero-order chi connectivity index (χ0) is 15.4. The van der Waals surface area contributed by atoms with E-state index in [2.05, 4.69) is 23.5 Å². The quantitative estimate of drug-likeness (QED) is 0.799. The lowest BCUT2D eigenvalue weighted by Crippen LogP contribution is -2.39. The maximum atomic E-state index is 10.9. The molecule has 1 atom stereocenters. The fourth-order valence-electron chi connectivity index (χ4n) is 3.60. The van der Waals surface area contributed by atoms with Crippen LogP contribution in [0.1, 0.15) is 41.5 Å². The second kappa shape index (κ2) is 6.64. The van der Waals surface area contributed by atoms with Crippen LogP contribution in [0.3, 0.4) is 0 Å². The van der Waals surface area contributed by atoms with Gasteiger partial charge in [0.25, 0.3) is 0 Å². The Bertz CT molecular complexity index is 623. The summed E-state index contributed by atoms with van der Waals surface area (Å²) in [5.74, 6) is 0. The van der Waals surface area contributed by atoms with E-state index in [4.69, 9.17) is 0 Å². The van der Waals surface area contributed by atoms with Gasteiger partial charge in [0, 0.05) is 0 Å². The van der Waals surface area contributed by atoms with Gasteiger partial charge in [-0.1, -0.05) is 48.5 Å². The highest BCUT2D eigenvalue weighted by molar-refractivity contribution is 5.38. The minimum atomic E-state index is -0.931. The number of benzene rings is 2. The first-order valence-corrected chi connectivity index (χ1v) is 8.29. The smallest absolute Gasteiger partial charge is 0.141 e. The summed E-state index contributed by atoms with van der Waals surface area (Å²) < 4.78 is 0. The molecular weight excluding hydrogens is 270 g/mol. The van der Waals surface area contributed by atoms with Gasteiger partial charge in [-0.2, -0.15) is 0 Å². The lowest BCUT2D eigenvalue weighted by atomic mass is 9.93. The van der Waals surface area contributed by atoms with Gasteiger partial charge in [-0.15, -0.1) is 0 Å². The standard InChI is InChI=1S/C20H25NO/c1-21-20(22,18-12-3-2-4-13-18)15-7-11-17-9-5-8-16-10-6-14-19(16)17/h2-5,8-9,12-13,21-22H,6-7,10-11,14-15H2,1H3. The number of aryl methyl sites for hydroxylation is 2. The molecule has 2 heteroatoms. The summed E-state index contributed by atoms with van der Waals surface area (Å²) in [6.45, 7) is 0. The van der Waals surface area contributed by atoms with E-state index in [0.717, 1.165) is 24.8 Å². The van der Waals surface area contributed by atoms with Gasteiger partial charge in [0.2, 0.25) is 0 Å². The molecule has 0 radical (unpaired) electrons. The fraction of sp³-hybridized carbons (Fsp3) is 0.400. The van der Waals surface area contributed by atoms with Crippen LogP contribution in [0.2, 0.25) is 0 Å². The van der Waals surface area contributed by atoms with Crippen molar-refractivity contribution < 1.29 is 5.11 Å². The molecule has 22 heavy (non-hydrogen) atoms. The zero-order valence-electron chi connectivity index (χ0n) is 13.3. The van der Waals surface area contributed by atoms with E-state index in [0.29, 0.717) is 0 Å². The molecule has 116 valence electrons. The van der Waals surface area contributed by atoms with Crippen LogP contribution < -0.4 is 5.32 Å². The van der Waals surface area contributed by atoms with E-state index < -0.39 is 5.72 Å². The Balaban J connectivity index is 1.66. The van der Waals surface area contributed by atoms with E-state index in [1.54, 1.807) is 5.56 Å². The minimum absolute atomic E-state index is 0.719. The summed E-state index contributed by atoms with van der Waals surface area (Å²) in [5, 5.41) is 13.9. The molecule has 0 fully saturated rings. The van der Waals surface area contributed by atoms with E-state index in [9.17, 15) is 5.11 Å². The molecule has 0 heterocycles. The third-order valence-corrected chi connectivity index (χ3v) is 4.89. The van der Waals surface area contributed by atoms with E-state index in [1.807, 2.05) is 37.4 Å². The molecule has 3 rings (SSSR count). The molecular formula is C20H25NO. The van der Waals surface area contributed by atoms with Gasteiger partial charge in [0.15, 0.2) is 0 Å². The zero-order valence-corrected chi connectivity index (χ0v) is 13.3. The Labute approximate surface area is 133 Å². The average molecular weight is 295 g/mol. The van der Waals surface area contributed by atoms with Crippen molar-refractivity contribution in [2.75, 3.05) is 7.05 Å². The highest BCUT2D eigenvalue weighted by Crippen LogP contribution is 2.28. The van der Waals surface area contributed by atoms with E-state index in [-0.39, 0.29) is 0 Å². The van der Waals surface area contributed by atoms with Gasteiger partial charge >= 0.3 is 0 Å². The third kappa shape index (κ3) is 3.08. The van der Waals surface area contributed by atoms with E-state index in [1.165, 1.54) is 30.4 Å². The largest absolute Gasteiger partial charge is 0.372 e. The van der Waals surface area contributed by atoms with Crippen molar-refractivity contribution in [1.82, 2.24) is 5.32 Å². The second-order valence-electron chi connectivity index (χ2n) is 6.24. The van der Waals surface area contributed by atoms with Crippen molar-refractivity contribution >= 4 is 0 Å². The summed E-state index contributed by atoms with van der Waals surface area (Å²) in [7, 11) is 1.83. The van der Waals surface area contributed by atoms with Gasteiger partial charge in [-0.05, 0) is 67.8 Å². The molecule has 0 amide bonds.